The highest BCUT2D eigenvalue weighted by molar-refractivity contribution is 6.18. The van der Waals surface area contributed by atoms with E-state index in [-0.39, 0.29) is 11.7 Å². The van der Waals surface area contributed by atoms with Crippen molar-refractivity contribution < 1.29 is 18.7 Å². The minimum atomic E-state index is -0.187. The van der Waals surface area contributed by atoms with Crippen LogP contribution in [0.1, 0.15) is 33.2 Å². The Bertz CT molecular complexity index is 1240. The maximum atomic E-state index is 13.6. The standard InChI is InChI=1S/C27H20O4/c1-29-19-12-14-20(15-13-19)31-24-11-5-10-22-25(18-7-3-2-4-8-18)23(27(28)26(22)24)17-21-9-6-16-30-21/h2-17,25H,1H3/t25-/m0/s1. The van der Waals surface area contributed by atoms with E-state index in [0.717, 1.165) is 16.9 Å². The predicted octanol–water partition coefficient (Wildman–Crippen LogP) is 6.49. The third kappa shape index (κ3) is 3.53. The quantitative estimate of drug-likeness (QED) is 0.354. The van der Waals surface area contributed by atoms with Gasteiger partial charge in [0.1, 0.15) is 23.0 Å². The van der Waals surface area contributed by atoms with Gasteiger partial charge in [-0.2, -0.15) is 0 Å². The number of rotatable bonds is 5. The fraction of sp³-hybridized carbons (Fsp3) is 0.0741. The molecule has 0 saturated heterocycles. The number of Topliss-reactive ketones (excluding diaryl/α,β-unsaturated/α-hetero) is 1. The molecule has 0 spiro atoms. The van der Waals surface area contributed by atoms with Gasteiger partial charge in [0, 0.05) is 11.5 Å². The van der Waals surface area contributed by atoms with Crippen molar-refractivity contribution >= 4 is 11.9 Å². The molecule has 0 saturated carbocycles. The summed E-state index contributed by atoms with van der Waals surface area (Å²) in [5, 5.41) is 0. The Kier molecular flexibility index (Phi) is 4.89. The summed E-state index contributed by atoms with van der Waals surface area (Å²) >= 11 is 0. The van der Waals surface area contributed by atoms with Crippen LogP contribution in [-0.4, -0.2) is 12.9 Å². The zero-order valence-corrected chi connectivity index (χ0v) is 16.9. The first-order valence-electron chi connectivity index (χ1n) is 10.0. The Morgan fingerprint density at radius 3 is 2.32 bits per heavy atom. The zero-order valence-electron chi connectivity index (χ0n) is 16.9. The van der Waals surface area contributed by atoms with E-state index in [4.69, 9.17) is 13.9 Å². The molecule has 5 rings (SSSR count). The first-order valence-corrected chi connectivity index (χ1v) is 10.0. The lowest BCUT2D eigenvalue weighted by atomic mass is 9.89. The smallest absolute Gasteiger partial charge is 0.194 e. The molecule has 4 aromatic rings. The van der Waals surface area contributed by atoms with E-state index in [1.54, 1.807) is 13.4 Å². The lowest BCUT2D eigenvalue weighted by molar-refractivity contribution is 0.103. The molecule has 0 fully saturated rings. The first kappa shape index (κ1) is 18.9. The number of methoxy groups -OCH3 is 1. The van der Waals surface area contributed by atoms with Crippen molar-refractivity contribution in [3.8, 4) is 17.2 Å². The molecular weight excluding hydrogens is 388 g/mol. The number of carbonyl (C=O) groups is 1. The summed E-state index contributed by atoms with van der Waals surface area (Å²) in [6.07, 6.45) is 3.44. The molecule has 0 radical (unpaired) electrons. The summed E-state index contributed by atoms with van der Waals surface area (Å²) in [4.78, 5) is 13.6. The van der Waals surface area contributed by atoms with Gasteiger partial charge in [-0.05, 0) is 59.7 Å². The molecule has 0 unspecified atom stereocenters. The second-order valence-electron chi connectivity index (χ2n) is 7.29. The predicted molar refractivity (Wildman–Crippen MR) is 119 cm³/mol. The number of hydrogen-bond acceptors (Lipinski definition) is 4. The molecule has 31 heavy (non-hydrogen) atoms. The Balaban J connectivity index is 1.62. The van der Waals surface area contributed by atoms with Gasteiger partial charge in [-0.15, -0.1) is 0 Å². The van der Waals surface area contributed by atoms with Crippen molar-refractivity contribution in [1.82, 2.24) is 0 Å². The molecule has 1 aliphatic carbocycles. The third-order valence-electron chi connectivity index (χ3n) is 5.43. The molecule has 1 heterocycles. The Morgan fingerprint density at radius 1 is 0.839 bits per heavy atom. The third-order valence-corrected chi connectivity index (χ3v) is 5.43. The van der Waals surface area contributed by atoms with E-state index < -0.39 is 0 Å². The number of fused-ring (bicyclic) bond motifs is 1. The minimum absolute atomic E-state index is 0.0515. The highest BCUT2D eigenvalue weighted by Crippen LogP contribution is 2.46. The van der Waals surface area contributed by atoms with E-state index in [9.17, 15) is 4.79 Å². The van der Waals surface area contributed by atoms with Crippen molar-refractivity contribution in [2.45, 2.75) is 5.92 Å². The van der Waals surface area contributed by atoms with Crippen molar-refractivity contribution in [1.29, 1.82) is 0 Å². The molecule has 0 bridgehead atoms. The highest BCUT2D eigenvalue weighted by atomic mass is 16.5. The van der Waals surface area contributed by atoms with Crippen LogP contribution in [-0.2, 0) is 0 Å². The lowest BCUT2D eigenvalue weighted by Gasteiger charge is -2.14. The number of benzene rings is 3. The summed E-state index contributed by atoms with van der Waals surface area (Å²) in [6.45, 7) is 0. The number of hydrogen-bond donors (Lipinski definition) is 0. The lowest BCUT2D eigenvalue weighted by Crippen LogP contribution is -2.02. The van der Waals surface area contributed by atoms with Crippen LogP contribution in [0.2, 0.25) is 0 Å². The van der Waals surface area contributed by atoms with E-state index in [1.165, 1.54) is 0 Å². The molecule has 0 amide bonds. The van der Waals surface area contributed by atoms with Gasteiger partial charge in [0.05, 0.1) is 18.9 Å². The fourth-order valence-corrected chi connectivity index (χ4v) is 4.01. The second kappa shape index (κ2) is 8.00. The SMILES string of the molecule is COc1ccc(Oc2cccc3c2C(=O)C(=Cc2ccco2)[C@H]3c2ccccc2)cc1. The van der Waals surface area contributed by atoms with E-state index >= 15 is 0 Å². The fourth-order valence-electron chi connectivity index (χ4n) is 4.01. The number of ether oxygens (including phenoxy) is 2. The first-order chi connectivity index (χ1) is 15.2. The minimum Gasteiger partial charge on any atom is -0.497 e. The van der Waals surface area contributed by atoms with Crippen LogP contribution >= 0.6 is 0 Å². The number of allylic oxidation sites excluding steroid dienone is 1. The van der Waals surface area contributed by atoms with Crippen LogP contribution in [0.25, 0.3) is 6.08 Å². The Labute approximate surface area is 180 Å². The van der Waals surface area contributed by atoms with Gasteiger partial charge in [-0.1, -0.05) is 42.5 Å². The van der Waals surface area contributed by atoms with Crippen molar-refractivity contribution in [2.75, 3.05) is 7.11 Å². The monoisotopic (exact) mass is 408 g/mol. The summed E-state index contributed by atoms with van der Waals surface area (Å²) in [5.74, 6) is 2.33. The van der Waals surface area contributed by atoms with Crippen LogP contribution in [0.4, 0.5) is 0 Å². The van der Waals surface area contributed by atoms with Gasteiger partial charge in [0.15, 0.2) is 5.78 Å². The molecule has 3 aromatic carbocycles. The summed E-state index contributed by atoms with van der Waals surface area (Å²) < 4.78 is 16.8. The van der Waals surface area contributed by atoms with Gasteiger partial charge in [0.25, 0.3) is 0 Å². The molecule has 1 atom stereocenters. The van der Waals surface area contributed by atoms with Gasteiger partial charge < -0.3 is 13.9 Å². The number of carbonyl (C=O) groups excluding carboxylic acids is 1. The largest absolute Gasteiger partial charge is 0.497 e. The van der Waals surface area contributed by atoms with Gasteiger partial charge in [-0.25, -0.2) is 0 Å². The van der Waals surface area contributed by atoms with Crippen LogP contribution in [0, 0.1) is 0 Å². The molecule has 152 valence electrons. The van der Waals surface area contributed by atoms with Gasteiger partial charge in [0.2, 0.25) is 0 Å². The molecule has 4 heteroatoms. The topological polar surface area (TPSA) is 48.7 Å². The normalized spacial score (nSPS) is 16.4. The molecule has 1 aromatic heterocycles. The second-order valence-corrected chi connectivity index (χ2v) is 7.29. The zero-order chi connectivity index (χ0) is 21.2. The van der Waals surface area contributed by atoms with Crippen molar-refractivity contribution in [3.63, 3.8) is 0 Å². The highest BCUT2D eigenvalue weighted by Gasteiger charge is 2.38. The molecule has 0 N–H and O–H groups in total. The van der Waals surface area contributed by atoms with E-state index in [1.807, 2.05) is 91.0 Å². The van der Waals surface area contributed by atoms with Crippen LogP contribution in [0.15, 0.2) is 101 Å². The molecule has 4 nitrogen and oxygen atoms in total. The Hall–Kier alpha value is -4.05. The maximum Gasteiger partial charge on any atom is 0.194 e. The van der Waals surface area contributed by atoms with E-state index in [0.29, 0.717) is 28.4 Å². The molecule has 0 aliphatic heterocycles. The van der Waals surface area contributed by atoms with Gasteiger partial charge >= 0.3 is 0 Å². The molecular formula is C27H20O4. The van der Waals surface area contributed by atoms with Crippen LogP contribution < -0.4 is 9.47 Å². The number of ketones is 1. The maximum absolute atomic E-state index is 13.6. The van der Waals surface area contributed by atoms with E-state index in [2.05, 4.69) is 0 Å². The Morgan fingerprint density at radius 2 is 1.61 bits per heavy atom. The average Bonchev–Trinajstić information content (AvgIpc) is 3.42. The van der Waals surface area contributed by atoms with Crippen LogP contribution in [0.3, 0.4) is 0 Å². The van der Waals surface area contributed by atoms with Gasteiger partial charge in [-0.3, -0.25) is 4.79 Å². The molecule has 1 aliphatic rings. The average molecular weight is 408 g/mol. The number of furan rings is 1. The summed E-state index contributed by atoms with van der Waals surface area (Å²) in [7, 11) is 1.62. The summed E-state index contributed by atoms with van der Waals surface area (Å²) in [5.41, 5.74) is 3.24. The van der Waals surface area contributed by atoms with Crippen molar-refractivity contribution in [2.24, 2.45) is 0 Å². The summed E-state index contributed by atoms with van der Waals surface area (Å²) in [6, 6.07) is 26.8. The van der Waals surface area contributed by atoms with Crippen LogP contribution in [0.5, 0.6) is 17.2 Å². The van der Waals surface area contributed by atoms with Crippen molar-refractivity contribution in [3.05, 3.63) is 119 Å².